The zero-order valence-corrected chi connectivity index (χ0v) is 27.4. The Labute approximate surface area is 277 Å². The van der Waals surface area contributed by atoms with Gasteiger partial charge in [0.2, 0.25) is 0 Å². The van der Waals surface area contributed by atoms with E-state index < -0.39 is 27.0 Å². The second-order valence-corrected chi connectivity index (χ2v) is 13.2. The maximum atomic E-state index is 13.7. The van der Waals surface area contributed by atoms with Crippen LogP contribution in [0.3, 0.4) is 0 Å². The van der Waals surface area contributed by atoms with Crippen molar-refractivity contribution in [3.8, 4) is 16.9 Å². The van der Waals surface area contributed by atoms with Crippen molar-refractivity contribution >= 4 is 39.0 Å². The van der Waals surface area contributed by atoms with Gasteiger partial charge in [0.25, 0.3) is 15.9 Å². The maximum absolute atomic E-state index is 13.7. The number of ether oxygens (including phenoxy) is 1. The molecule has 48 heavy (non-hydrogen) atoms. The Morgan fingerprint density at radius 2 is 1.54 bits per heavy atom. The lowest BCUT2D eigenvalue weighted by atomic mass is 10.0. The van der Waals surface area contributed by atoms with Crippen molar-refractivity contribution in [1.29, 1.82) is 0 Å². The van der Waals surface area contributed by atoms with Crippen molar-refractivity contribution in [2.75, 3.05) is 41.7 Å². The summed E-state index contributed by atoms with van der Waals surface area (Å²) in [7, 11) is -1.52. The lowest BCUT2D eigenvalue weighted by Crippen LogP contribution is -2.49. The van der Waals surface area contributed by atoms with Gasteiger partial charge in [-0.1, -0.05) is 49.7 Å². The highest BCUT2D eigenvalue weighted by Crippen LogP contribution is 2.35. The minimum Gasteiger partial charge on any atom is -0.404 e. The van der Waals surface area contributed by atoms with Crippen LogP contribution in [0.15, 0.2) is 95.9 Å². The second kappa shape index (κ2) is 14.0. The predicted molar refractivity (Wildman–Crippen MR) is 179 cm³/mol. The number of amides is 3. The molecule has 1 N–H and O–H groups in total. The molecule has 0 unspecified atom stereocenters. The number of aryl methyl sites for hydroxylation is 1. The van der Waals surface area contributed by atoms with Gasteiger partial charge in [0.05, 0.1) is 5.69 Å². The number of carbonyl (C=O) groups is 2. The lowest BCUT2D eigenvalue weighted by Gasteiger charge is -2.36. The standard InChI is InChI=1S/C35H35F3N4O5S/c1-4-8-24-13-16-29(17-14-24)41-19-7-20-42(34(41)44)30-12-6-11-28(23-30)39-48(45,46)32-22-26(15-18-31(32)47-35(36,37)38)25-9-5-10-27(21-25)33(43)40(2)3/h5-6,9-18,21-23,39H,4,7-8,19-20H2,1-3H3. The van der Waals surface area contributed by atoms with Crippen molar-refractivity contribution in [3.63, 3.8) is 0 Å². The molecule has 0 aliphatic carbocycles. The number of sulfonamides is 1. The summed E-state index contributed by atoms with van der Waals surface area (Å²) in [6, 6.07) is 23.2. The number of rotatable bonds is 10. The van der Waals surface area contributed by atoms with Gasteiger partial charge in [0, 0.05) is 44.1 Å². The van der Waals surface area contributed by atoms with E-state index in [2.05, 4.69) is 16.4 Å². The van der Waals surface area contributed by atoms with E-state index in [9.17, 15) is 31.2 Å². The zero-order chi connectivity index (χ0) is 34.6. The Balaban J connectivity index is 1.44. The molecule has 0 saturated carbocycles. The van der Waals surface area contributed by atoms with Crippen LogP contribution in [0.2, 0.25) is 0 Å². The van der Waals surface area contributed by atoms with Crippen LogP contribution in [0.25, 0.3) is 11.1 Å². The molecule has 252 valence electrons. The van der Waals surface area contributed by atoms with Crippen LogP contribution in [-0.2, 0) is 16.4 Å². The highest BCUT2D eigenvalue weighted by Gasteiger charge is 2.35. The quantitative estimate of drug-likeness (QED) is 0.187. The third-order valence-corrected chi connectivity index (χ3v) is 9.13. The molecule has 0 spiro atoms. The summed E-state index contributed by atoms with van der Waals surface area (Å²) in [5.41, 5.74) is 3.33. The monoisotopic (exact) mass is 680 g/mol. The molecule has 0 bridgehead atoms. The first kappa shape index (κ1) is 34.3. The van der Waals surface area contributed by atoms with Crippen LogP contribution in [0.1, 0.15) is 35.7 Å². The average molecular weight is 681 g/mol. The number of benzene rings is 4. The van der Waals surface area contributed by atoms with E-state index in [0.717, 1.165) is 30.7 Å². The molecular formula is C35H35F3N4O5S. The topological polar surface area (TPSA) is 99.3 Å². The van der Waals surface area contributed by atoms with Crippen LogP contribution in [-0.4, -0.2) is 58.8 Å². The van der Waals surface area contributed by atoms with E-state index in [-0.39, 0.29) is 23.2 Å². The van der Waals surface area contributed by atoms with E-state index in [1.165, 1.54) is 39.6 Å². The van der Waals surface area contributed by atoms with E-state index in [0.29, 0.717) is 36.3 Å². The number of hydrogen-bond acceptors (Lipinski definition) is 5. The Morgan fingerprint density at radius 3 is 2.21 bits per heavy atom. The molecule has 1 fully saturated rings. The van der Waals surface area contributed by atoms with Crippen molar-refractivity contribution in [3.05, 3.63) is 102 Å². The molecule has 0 aromatic heterocycles. The summed E-state index contributed by atoms with van der Waals surface area (Å²) in [5.74, 6) is -1.23. The van der Waals surface area contributed by atoms with Crippen LogP contribution < -0.4 is 19.3 Å². The number of urea groups is 1. The Kier molecular flexibility index (Phi) is 9.99. The van der Waals surface area contributed by atoms with E-state index >= 15 is 0 Å². The van der Waals surface area contributed by atoms with Gasteiger partial charge in [0.15, 0.2) is 0 Å². The summed E-state index contributed by atoms with van der Waals surface area (Å²) in [6.07, 6.45) is -2.57. The van der Waals surface area contributed by atoms with Crippen LogP contribution in [0, 0.1) is 0 Å². The Bertz CT molecular complexity index is 1910. The van der Waals surface area contributed by atoms with Crippen molar-refractivity contribution in [1.82, 2.24) is 4.90 Å². The van der Waals surface area contributed by atoms with Gasteiger partial charge in [0.1, 0.15) is 10.6 Å². The minimum absolute atomic E-state index is 0.0308. The third-order valence-electron chi connectivity index (χ3n) is 7.73. The average Bonchev–Trinajstić information content (AvgIpc) is 3.04. The lowest BCUT2D eigenvalue weighted by molar-refractivity contribution is -0.275. The van der Waals surface area contributed by atoms with E-state index in [1.54, 1.807) is 49.3 Å². The molecule has 1 aliphatic rings. The molecule has 1 heterocycles. The molecule has 0 atom stereocenters. The summed E-state index contributed by atoms with van der Waals surface area (Å²) >= 11 is 0. The molecular weight excluding hydrogens is 645 g/mol. The van der Waals surface area contributed by atoms with Crippen LogP contribution in [0.4, 0.5) is 35.0 Å². The van der Waals surface area contributed by atoms with Gasteiger partial charge in [-0.15, -0.1) is 13.2 Å². The summed E-state index contributed by atoms with van der Waals surface area (Å²) in [4.78, 5) is 29.9. The first-order chi connectivity index (χ1) is 22.8. The smallest absolute Gasteiger partial charge is 0.404 e. The largest absolute Gasteiger partial charge is 0.573 e. The normalized spacial score (nSPS) is 13.8. The molecule has 0 radical (unpaired) electrons. The van der Waals surface area contributed by atoms with E-state index in [1.807, 2.05) is 24.3 Å². The van der Waals surface area contributed by atoms with Crippen molar-refractivity contribution in [2.24, 2.45) is 0 Å². The molecule has 5 rings (SSSR count). The molecule has 4 aromatic rings. The number of hydrogen-bond donors (Lipinski definition) is 1. The number of anilines is 3. The molecule has 3 amide bonds. The summed E-state index contributed by atoms with van der Waals surface area (Å²) in [6.45, 7) is 3.00. The van der Waals surface area contributed by atoms with Gasteiger partial charge in [-0.25, -0.2) is 13.2 Å². The first-order valence-electron chi connectivity index (χ1n) is 15.3. The summed E-state index contributed by atoms with van der Waals surface area (Å²) in [5, 5.41) is 0. The van der Waals surface area contributed by atoms with Gasteiger partial charge < -0.3 is 9.64 Å². The number of nitrogens with one attached hydrogen (secondary N) is 1. The van der Waals surface area contributed by atoms with Gasteiger partial charge >= 0.3 is 12.4 Å². The van der Waals surface area contributed by atoms with Gasteiger partial charge in [-0.3, -0.25) is 19.3 Å². The van der Waals surface area contributed by atoms with Crippen LogP contribution in [0.5, 0.6) is 5.75 Å². The SMILES string of the molecule is CCCc1ccc(N2CCCN(c3cccc(NS(=O)(=O)c4cc(-c5cccc(C(=O)N(C)C)c5)ccc4OC(F)(F)F)c3)C2=O)cc1. The van der Waals surface area contributed by atoms with Crippen molar-refractivity contribution in [2.45, 2.75) is 37.4 Å². The first-order valence-corrected chi connectivity index (χ1v) is 16.8. The molecule has 9 nitrogen and oxygen atoms in total. The van der Waals surface area contributed by atoms with Gasteiger partial charge in [-0.2, -0.15) is 0 Å². The maximum Gasteiger partial charge on any atom is 0.573 e. The van der Waals surface area contributed by atoms with Gasteiger partial charge in [-0.05, 0) is 84.1 Å². The molecule has 1 aliphatic heterocycles. The second-order valence-electron chi connectivity index (χ2n) is 11.5. The fourth-order valence-electron chi connectivity index (χ4n) is 5.48. The van der Waals surface area contributed by atoms with Crippen LogP contribution >= 0.6 is 0 Å². The number of carbonyl (C=O) groups excluding carboxylic acids is 2. The fraction of sp³-hybridized carbons (Fsp3) is 0.257. The number of halogens is 3. The molecule has 4 aromatic carbocycles. The zero-order valence-electron chi connectivity index (χ0n) is 26.6. The van der Waals surface area contributed by atoms with Crippen molar-refractivity contribution < 1.29 is 35.9 Å². The number of nitrogens with zero attached hydrogens (tertiary/aromatic N) is 3. The van der Waals surface area contributed by atoms with E-state index in [4.69, 9.17) is 0 Å². The Hall–Kier alpha value is -5.04. The fourth-order valence-corrected chi connectivity index (χ4v) is 6.68. The number of alkyl halides is 3. The predicted octanol–water partition coefficient (Wildman–Crippen LogP) is 7.54. The minimum atomic E-state index is -5.17. The highest BCUT2D eigenvalue weighted by molar-refractivity contribution is 7.92. The molecule has 1 saturated heterocycles. The summed E-state index contributed by atoms with van der Waals surface area (Å²) < 4.78 is 74.0. The molecule has 13 heteroatoms. The third kappa shape index (κ3) is 7.91. The highest BCUT2D eigenvalue weighted by atomic mass is 32.2. The Morgan fingerprint density at radius 1 is 0.875 bits per heavy atom.